The minimum atomic E-state index is -4.47. The Hall–Kier alpha value is -1.24. The van der Waals surface area contributed by atoms with Gasteiger partial charge in [0, 0.05) is 10.8 Å². The van der Waals surface area contributed by atoms with Crippen LogP contribution in [0.5, 0.6) is 0 Å². The van der Waals surface area contributed by atoms with Gasteiger partial charge in [-0.25, -0.2) is 4.98 Å². The highest BCUT2D eigenvalue weighted by Crippen LogP contribution is 2.37. The average Bonchev–Trinajstić information content (AvgIpc) is 2.80. The lowest BCUT2D eigenvalue weighted by Crippen LogP contribution is -2.16. The van der Waals surface area contributed by atoms with Crippen molar-refractivity contribution in [3.63, 3.8) is 0 Å². The lowest BCUT2D eigenvalue weighted by molar-refractivity contribution is -0.141. The molecule has 1 aromatic rings. The number of thioether (sulfide) groups is 1. The first-order valence-corrected chi connectivity index (χ1v) is 6.85. The second-order valence-corrected chi connectivity index (χ2v) is 5.77. The molecule has 0 saturated heterocycles. The maximum atomic E-state index is 12.7. The highest BCUT2D eigenvalue weighted by atomic mass is 32.2. The largest absolute Gasteiger partial charge is 0.433 e. The van der Waals surface area contributed by atoms with Crippen molar-refractivity contribution >= 4 is 17.6 Å². The predicted molar refractivity (Wildman–Crippen MR) is 68.4 cm³/mol. The molecule has 0 amide bonds. The first kappa shape index (κ1) is 14.2. The van der Waals surface area contributed by atoms with E-state index in [2.05, 4.69) is 4.98 Å². The molecular weight excluding hydrogens is 275 g/mol. The van der Waals surface area contributed by atoms with Crippen LogP contribution < -0.4 is 5.73 Å². The smallest absolute Gasteiger partial charge is 0.384 e. The summed E-state index contributed by atoms with van der Waals surface area (Å²) in [5.41, 5.74) is 4.75. The van der Waals surface area contributed by atoms with E-state index in [0.717, 1.165) is 31.7 Å². The number of nitrogens with zero attached hydrogens (tertiary/aromatic N) is 1. The van der Waals surface area contributed by atoms with Crippen LogP contribution in [0.4, 0.5) is 13.2 Å². The molecule has 0 spiro atoms. The summed E-state index contributed by atoms with van der Waals surface area (Å²) in [4.78, 5) is 3.65. The Kier molecular flexibility index (Phi) is 4.03. The van der Waals surface area contributed by atoms with Gasteiger partial charge in [0.1, 0.15) is 16.6 Å². The monoisotopic (exact) mass is 289 g/mol. The Balaban J connectivity index is 2.32. The van der Waals surface area contributed by atoms with E-state index in [1.54, 1.807) is 0 Å². The molecule has 0 atom stereocenters. The summed E-state index contributed by atoms with van der Waals surface area (Å²) in [6, 6.07) is 2.10. The van der Waals surface area contributed by atoms with E-state index in [4.69, 9.17) is 11.1 Å². The third kappa shape index (κ3) is 3.40. The van der Waals surface area contributed by atoms with E-state index in [9.17, 15) is 13.2 Å². The fraction of sp³-hybridized carbons (Fsp3) is 0.500. The molecule has 0 bridgehead atoms. The molecule has 1 aliphatic rings. The molecule has 1 saturated carbocycles. The first-order valence-electron chi connectivity index (χ1n) is 5.97. The van der Waals surface area contributed by atoms with Crippen molar-refractivity contribution in [2.24, 2.45) is 5.73 Å². The molecule has 0 aromatic carbocycles. The Labute approximate surface area is 113 Å². The molecule has 19 heavy (non-hydrogen) atoms. The van der Waals surface area contributed by atoms with Crippen LogP contribution in [0, 0.1) is 5.41 Å². The molecule has 7 heteroatoms. The van der Waals surface area contributed by atoms with Gasteiger partial charge in [0.25, 0.3) is 0 Å². The van der Waals surface area contributed by atoms with Crippen LogP contribution in [0.25, 0.3) is 0 Å². The SMILES string of the molecule is N=C(N)c1ccc(C(F)(F)F)nc1SC1CCCC1. The third-order valence-electron chi connectivity index (χ3n) is 3.02. The van der Waals surface area contributed by atoms with Crippen LogP contribution in [-0.4, -0.2) is 16.1 Å². The van der Waals surface area contributed by atoms with Crippen LogP contribution in [0.2, 0.25) is 0 Å². The summed E-state index contributed by atoms with van der Waals surface area (Å²) >= 11 is 1.30. The van der Waals surface area contributed by atoms with Crippen molar-refractivity contribution in [2.45, 2.75) is 42.1 Å². The number of aromatic nitrogens is 1. The van der Waals surface area contributed by atoms with Gasteiger partial charge in [-0.15, -0.1) is 11.8 Å². The first-order chi connectivity index (χ1) is 8.88. The van der Waals surface area contributed by atoms with Gasteiger partial charge in [0.15, 0.2) is 0 Å². The molecule has 0 radical (unpaired) electrons. The Morgan fingerprint density at radius 1 is 1.32 bits per heavy atom. The maximum Gasteiger partial charge on any atom is 0.433 e. The molecule has 3 nitrogen and oxygen atoms in total. The second-order valence-electron chi connectivity index (χ2n) is 4.48. The number of alkyl halides is 3. The Morgan fingerprint density at radius 3 is 2.47 bits per heavy atom. The van der Waals surface area contributed by atoms with Gasteiger partial charge in [-0.05, 0) is 25.0 Å². The van der Waals surface area contributed by atoms with E-state index >= 15 is 0 Å². The zero-order valence-electron chi connectivity index (χ0n) is 10.1. The van der Waals surface area contributed by atoms with Gasteiger partial charge in [-0.2, -0.15) is 13.2 Å². The van der Waals surface area contributed by atoms with Crippen LogP contribution in [0.3, 0.4) is 0 Å². The topological polar surface area (TPSA) is 62.8 Å². The van der Waals surface area contributed by atoms with Gasteiger partial charge in [-0.1, -0.05) is 12.8 Å². The van der Waals surface area contributed by atoms with Crippen LogP contribution >= 0.6 is 11.8 Å². The van der Waals surface area contributed by atoms with Crippen LogP contribution in [0.1, 0.15) is 36.9 Å². The molecule has 104 valence electrons. The molecule has 0 unspecified atom stereocenters. The van der Waals surface area contributed by atoms with Gasteiger partial charge in [0.2, 0.25) is 0 Å². The van der Waals surface area contributed by atoms with Crippen LogP contribution in [-0.2, 0) is 6.18 Å². The van der Waals surface area contributed by atoms with Gasteiger partial charge in [0.05, 0.1) is 0 Å². The summed E-state index contributed by atoms with van der Waals surface area (Å²) in [5, 5.41) is 7.91. The number of hydrogen-bond donors (Lipinski definition) is 2. The minimum Gasteiger partial charge on any atom is -0.384 e. The highest BCUT2D eigenvalue weighted by molar-refractivity contribution is 7.99. The summed E-state index contributed by atoms with van der Waals surface area (Å²) in [6.07, 6.45) is -0.349. The normalized spacial score (nSPS) is 16.8. The zero-order chi connectivity index (χ0) is 14.0. The quantitative estimate of drug-likeness (QED) is 0.662. The number of hydrogen-bond acceptors (Lipinski definition) is 3. The molecule has 1 aromatic heterocycles. The van der Waals surface area contributed by atoms with Crippen molar-refractivity contribution in [3.8, 4) is 0 Å². The van der Waals surface area contributed by atoms with E-state index in [1.165, 1.54) is 17.8 Å². The van der Waals surface area contributed by atoms with E-state index in [1.807, 2.05) is 0 Å². The Morgan fingerprint density at radius 2 is 1.95 bits per heavy atom. The molecular formula is C12H14F3N3S. The maximum absolute atomic E-state index is 12.7. The minimum absolute atomic E-state index is 0.217. The van der Waals surface area contributed by atoms with Crippen molar-refractivity contribution in [2.75, 3.05) is 0 Å². The fourth-order valence-corrected chi connectivity index (χ4v) is 3.40. The number of nitrogen functional groups attached to an aromatic ring is 1. The predicted octanol–water partition coefficient (Wildman–Crippen LogP) is 3.42. The van der Waals surface area contributed by atoms with Gasteiger partial charge >= 0.3 is 6.18 Å². The molecule has 1 fully saturated rings. The molecule has 3 N–H and O–H groups in total. The molecule has 2 rings (SSSR count). The average molecular weight is 289 g/mol. The molecule has 1 aliphatic carbocycles. The van der Waals surface area contributed by atoms with E-state index < -0.39 is 11.9 Å². The lowest BCUT2D eigenvalue weighted by atomic mass is 10.2. The summed E-state index contributed by atoms with van der Waals surface area (Å²) in [6.45, 7) is 0. The molecule has 1 heterocycles. The fourth-order valence-electron chi connectivity index (χ4n) is 2.06. The lowest BCUT2D eigenvalue weighted by Gasteiger charge is -2.14. The number of nitrogens with one attached hydrogen (secondary N) is 1. The van der Waals surface area contributed by atoms with E-state index in [0.29, 0.717) is 0 Å². The van der Waals surface area contributed by atoms with E-state index in [-0.39, 0.29) is 21.7 Å². The zero-order valence-corrected chi connectivity index (χ0v) is 10.9. The number of nitrogens with two attached hydrogens (primary N) is 1. The van der Waals surface area contributed by atoms with Crippen LogP contribution in [0.15, 0.2) is 17.2 Å². The number of rotatable bonds is 3. The molecule has 0 aliphatic heterocycles. The Bertz CT molecular complexity index is 482. The van der Waals surface area contributed by atoms with Crippen molar-refractivity contribution in [3.05, 3.63) is 23.4 Å². The summed E-state index contributed by atoms with van der Waals surface area (Å²) < 4.78 is 38.0. The highest BCUT2D eigenvalue weighted by Gasteiger charge is 2.33. The van der Waals surface area contributed by atoms with Crippen molar-refractivity contribution < 1.29 is 13.2 Å². The van der Waals surface area contributed by atoms with Crippen molar-refractivity contribution in [1.29, 1.82) is 5.41 Å². The summed E-state index contributed by atoms with van der Waals surface area (Å²) in [7, 11) is 0. The number of pyridine rings is 1. The third-order valence-corrected chi connectivity index (χ3v) is 4.36. The number of amidine groups is 1. The van der Waals surface area contributed by atoms with Gasteiger partial charge < -0.3 is 5.73 Å². The standard InChI is InChI=1S/C12H14F3N3S/c13-12(14,15)9-6-5-8(10(16)17)11(18-9)19-7-3-1-2-4-7/h5-7H,1-4H2,(H3,16,17). The second kappa shape index (κ2) is 5.40. The van der Waals surface area contributed by atoms with Crippen molar-refractivity contribution in [1.82, 2.24) is 4.98 Å². The number of halogens is 3. The van der Waals surface area contributed by atoms with Gasteiger partial charge in [-0.3, -0.25) is 5.41 Å². The summed E-state index contributed by atoms with van der Waals surface area (Å²) in [5.74, 6) is -0.248.